The molecular formula is C31H27N5O4. The van der Waals surface area contributed by atoms with Crippen LogP contribution < -0.4 is 5.32 Å². The zero-order valence-electron chi connectivity index (χ0n) is 22.1. The summed E-state index contributed by atoms with van der Waals surface area (Å²) in [6, 6.07) is 25.1. The van der Waals surface area contributed by atoms with Gasteiger partial charge in [0.15, 0.2) is 5.92 Å². The minimum absolute atomic E-state index is 0.0555. The number of ether oxygens (including phenoxy) is 1. The molecule has 1 aromatic heterocycles. The number of carbonyl (C=O) groups is 3. The van der Waals surface area contributed by atoms with Gasteiger partial charge in [0.25, 0.3) is 0 Å². The van der Waals surface area contributed by atoms with E-state index in [1.807, 2.05) is 61.5 Å². The smallest absolute Gasteiger partial charge is 0.338 e. The van der Waals surface area contributed by atoms with Gasteiger partial charge in [-0.05, 0) is 56.1 Å². The number of aromatic nitrogens is 2. The van der Waals surface area contributed by atoms with Gasteiger partial charge in [-0.25, -0.2) is 9.48 Å². The first-order valence-electron chi connectivity index (χ1n) is 12.8. The van der Waals surface area contributed by atoms with E-state index in [0.717, 1.165) is 11.1 Å². The van der Waals surface area contributed by atoms with Gasteiger partial charge in [-0.2, -0.15) is 10.4 Å². The average molecular weight is 534 g/mol. The van der Waals surface area contributed by atoms with Gasteiger partial charge in [-0.3, -0.25) is 9.59 Å². The normalized spacial score (nSPS) is 12.2. The minimum atomic E-state index is -1.59. The zero-order valence-corrected chi connectivity index (χ0v) is 22.1. The standard InChI is InChI=1S/C31H27N5O4/c1-35(2)15-16-40-31(39)21-14-13-20-17-25-27(29(37)26(19-32)30(38)33-22-9-5-3-6-10-22)34-36(28(25)24(20)18-21)23-11-7-4-8-12-23/h3-14,18,26H,15-17H2,1-2H3,(H,33,38). The third kappa shape index (κ3) is 5.25. The fourth-order valence-corrected chi connectivity index (χ4v) is 4.63. The maximum Gasteiger partial charge on any atom is 0.338 e. The highest BCUT2D eigenvalue weighted by Gasteiger charge is 2.37. The number of para-hydroxylation sites is 2. The van der Waals surface area contributed by atoms with Gasteiger partial charge in [-0.15, -0.1) is 0 Å². The number of nitriles is 1. The number of ketones is 1. The van der Waals surface area contributed by atoms with Crippen molar-refractivity contribution in [2.75, 3.05) is 32.6 Å². The molecule has 1 aliphatic carbocycles. The van der Waals surface area contributed by atoms with Crippen LogP contribution in [0.25, 0.3) is 16.9 Å². The zero-order chi connectivity index (χ0) is 28.2. The van der Waals surface area contributed by atoms with Crippen LogP contribution in [-0.4, -0.2) is 59.6 Å². The number of esters is 1. The van der Waals surface area contributed by atoms with Crippen molar-refractivity contribution >= 4 is 23.3 Å². The van der Waals surface area contributed by atoms with Crippen molar-refractivity contribution in [2.45, 2.75) is 6.42 Å². The van der Waals surface area contributed by atoms with Crippen molar-refractivity contribution in [3.8, 4) is 23.0 Å². The molecule has 0 fully saturated rings. The number of anilines is 1. The quantitative estimate of drug-likeness (QED) is 0.172. The predicted molar refractivity (Wildman–Crippen MR) is 149 cm³/mol. The Morgan fingerprint density at radius 3 is 2.42 bits per heavy atom. The number of rotatable bonds is 9. The number of nitrogens with zero attached hydrogens (tertiary/aromatic N) is 4. The van der Waals surface area contributed by atoms with Gasteiger partial charge in [0, 0.05) is 29.8 Å². The van der Waals surface area contributed by atoms with Crippen LogP contribution in [-0.2, 0) is 16.0 Å². The molecule has 0 saturated heterocycles. The highest BCUT2D eigenvalue weighted by molar-refractivity contribution is 6.16. The largest absolute Gasteiger partial charge is 0.461 e. The first-order chi connectivity index (χ1) is 19.4. The second kappa shape index (κ2) is 11.4. The highest BCUT2D eigenvalue weighted by Crippen LogP contribution is 2.41. The lowest BCUT2D eigenvalue weighted by atomic mass is 9.98. The average Bonchev–Trinajstić information content (AvgIpc) is 3.51. The molecule has 1 atom stereocenters. The molecule has 200 valence electrons. The molecule has 4 aromatic rings. The molecule has 0 saturated carbocycles. The van der Waals surface area contributed by atoms with Gasteiger partial charge in [0.1, 0.15) is 12.3 Å². The van der Waals surface area contributed by atoms with E-state index in [0.29, 0.717) is 41.2 Å². The van der Waals surface area contributed by atoms with Gasteiger partial charge in [0.05, 0.1) is 23.0 Å². The molecule has 0 radical (unpaired) electrons. The van der Waals surface area contributed by atoms with Gasteiger partial charge in [-0.1, -0.05) is 42.5 Å². The molecule has 5 rings (SSSR count). The van der Waals surface area contributed by atoms with Crippen molar-refractivity contribution in [1.82, 2.24) is 14.7 Å². The summed E-state index contributed by atoms with van der Waals surface area (Å²) in [4.78, 5) is 41.3. The molecule has 1 unspecified atom stereocenters. The lowest BCUT2D eigenvalue weighted by molar-refractivity contribution is -0.117. The van der Waals surface area contributed by atoms with Crippen molar-refractivity contribution in [3.63, 3.8) is 0 Å². The number of likely N-dealkylation sites (N-methyl/N-ethyl adjacent to an activating group) is 1. The monoisotopic (exact) mass is 533 g/mol. The fourth-order valence-electron chi connectivity index (χ4n) is 4.63. The van der Waals surface area contributed by atoms with Crippen LogP contribution in [0.4, 0.5) is 5.69 Å². The Hall–Kier alpha value is -5.07. The van der Waals surface area contributed by atoms with E-state index in [4.69, 9.17) is 4.74 Å². The topological polar surface area (TPSA) is 117 Å². The molecule has 1 heterocycles. The van der Waals surface area contributed by atoms with Gasteiger partial charge in [0.2, 0.25) is 11.7 Å². The summed E-state index contributed by atoms with van der Waals surface area (Å²) in [5.41, 5.74) is 4.52. The predicted octanol–water partition coefficient (Wildman–Crippen LogP) is 4.12. The van der Waals surface area contributed by atoms with Crippen molar-refractivity contribution in [1.29, 1.82) is 5.26 Å². The van der Waals surface area contributed by atoms with Crippen LogP contribution in [0.1, 0.15) is 32.0 Å². The number of Topliss-reactive ketones (excluding diaryl/α,β-unsaturated/α-hetero) is 1. The third-order valence-electron chi connectivity index (χ3n) is 6.65. The summed E-state index contributed by atoms with van der Waals surface area (Å²) in [5.74, 6) is -3.44. The Morgan fingerprint density at radius 1 is 1.05 bits per heavy atom. The molecule has 1 N–H and O–H groups in total. The number of benzene rings is 3. The second-order valence-electron chi connectivity index (χ2n) is 9.69. The minimum Gasteiger partial charge on any atom is -0.461 e. The molecular weight excluding hydrogens is 506 g/mol. The molecule has 0 spiro atoms. The van der Waals surface area contributed by atoms with Gasteiger partial charge >= 0.3 is 5.97 Å². The SMILES string of the molecule is CN(C)CCOC(=O)c1ccc2c(c1)-c1c(c(C(=O)C(C#N)C(=O)Nc3ccccc3)nn1-c1ccccc1)C2. The second-order valence-corrected chi connectivity index (χ2v) is 9.69. The van der Waals surface area contributed by atoms with Gasteiger partial charge < -0.3 is 15.0 Å². The maximum atomic E-state index is 13.7. The van der Waals surface area contributed by atoms with Crippen molar-refractivity contribution in [2.24, 2.45) is 5.92 Å². The summed E-state index contributed by atoms with van der Waals surface area (Å²) in [5, 5.41) is 17.1. The van der Waals surface area contributed by atoms with Crippen molar-refractivity contribution in [3.05, 3.63) is 101 Å². The van der Waals surface area contributed by atoms with Crippen LogP contribution in [0.15, 0.2) is 78.9 Å². The molecule has 9 nitrogen and oxygen atoms in total. The maximum absolute atomic E-state index is 13.7. The van der Waals surface area contributed by atoms with E-state index in [1.54, 1.807) is 47.1 Å². The first kappa shape index (κ1) is 26.5. The van der Waals surface area contributed by atoms with E-state index in [9.17, 15) is 19.6 Å². The van der Waals surface area contributed by atoms with E-state index < -0.39 is 23.6 Å². The van der Waals surface area contributed by atoms with E-state index in [2.05, 4.69) is 10.4 Å². The Balaban J connectivity index is 1.52. The Bertz CT molecular complexity index is 1620. The van der Waals surface area contributed by atoms with Crippen LogP contribution in [0.2, 0.25) is 0 Å². The van der Waals surface area contributed by atoms with E-state index >= 15 is 0 Å². The number of carbonyl (C=O) groups excluding carboxylic acids is 3. The van der Waals surface area contributed by atoms with Crippen LogP contribution in [0.3, 0.4) is 0 Å². The molecule has 1 amide bonds. The van der Waals surface area contributed by atoms with Crippen LogP contribution in [0.5, 0.6) is 0 Å². The first-order valence-corrected chi connectivity index (χ1v) is 12.8. The summed E-state index contributed by atoms with van der Waals surface area (Å²) in [6.07, 6.45) is 0.368. The van der Waals surface area contributed by atoms with E-state index in [-0.39, 0.29) is 12.3 Å². The third-order valence-corrected chi connectivity index (χ3v) is 6.65. The number of hydrogen-bond acceptors (Lipinski definition) is 7. The molecule has 0 bridgehead atoms. The van der Waals surface area contributed by atoms with E-state index in [1.165, 1.54) is 0 Å². The van der Waals surface area contributed by atoms with Crippen LogP contribution in [0, 0.1) is 17.2 Å². The summed E-state index contributed by atoms with van der Waals surface area (Å²) >= 11 is 0. The molecule has 3 aromatic carbocycles. The summed E-state index contributed by atoms with van der Waals surface area (Å²) in [6.45, 7) is 0.861. The number of amides is 1. The lowest BCUT2D eigenvalue weighted by Gasteiger charge is -2.11. The Morgan fingerprint density at radius 2 is 1.75 bits per heavy atom. The number of hydrogen-bond donors (Lipinski definition) is 1. The Labute approximate surface area is 231 Å². The summed E-state index contributed by atoms with van der Waals surface area (Å²) in [7, 11) is 3.80. The molecule has 9 heteroatoms. The van der Waals surface area contributed by atoms with Crippen molar-refractivity contribution < 1.29 is 19.1 Å². The molecule has 0 aliphatic heterocycles. The number of fused-ring (bicyclic) bond motifs is 3. The summed E-state index contributed by atoms with van der Waals surface area (Å²) < 4.78 is 7.07. The van der Waals surface area contributed by atoms with Crippen LogP contribution >= 0.6 is 0 Å². The highest BCUT2D eigenvalue weighted by atomic mass is 16.5. The molecule has 1 aliphatic rings. The Kier molecular flexibility index (Phi) is 7.53. The molecule has 40 heavy (non-hydrogen) atoms. The fraction of sp³-hybridized carbons (Fsp3) is 0.194. The lowest BCUT2D eigenvalue weighted by Crippen LogP contribution is -2.29. The number of nitrogens with one attached hydrogen (secondary N) is 1.